The van der Waals surface area contributed by atoms with Gasteiger partial charge in [-0.3, -0.25) is 0 Å². The van der Waals surface area contributed by atoms with E-state index in [1.54, 1.807) is 13.0 Å². The van der Waals surface area contributed by atoms with Gasteiger partial charge in [0.1, 0.15) is 5.82 Å². The number of hydrogen-bond donors (Lipinski definition) is 0. The first-order valence-corrected chi connectivity index (χ1v) is 4.60. The summed E-state index contributed by atoms with van der Waals surface area (Å²) in [6.45, 7) is 3.83. The first kappa shape index (κ1) is 10.6. The summed E-state index contributed by atoms with van der Waals surface area (Å²) in [5.74, 6) is 0.198. The first-order valence-electron chi connectivity index (χ1n) is 4.60. The van der Waals surface area contributed by atoms with Gasteiger partial charge in [0.15, 0.2) is 5.69 Å². The molecule has 0 unspecified atom stereocenters. The summed E-state index contributed by atoms with van der Waals surface area (Å²) in [5.41, 5.74) is 1.23. The van der Waals surface area contributed by atoms with Crippen molar-refractivity contribution >= 4 is 5.97 Å². The van der Waals surface area contributed by atoms with E-state index in [0.717, 1.165) is 18.5 Å². The summed E-state index contributed by atoms with van der Waals surface area (Å²) in [5, 5.41) is 0. The number of carbonyl (C=O) groups is 1. The largest absolute Gasteiger partial charge is 0.464 e. The van der Waals surface area contributed by atoms with Gasteiger partial charge in [-0.25, -0.2) is 14.8 Å². The molecule has 0 aliphatic rings. The zero-order valence-corrected chi connectivity index (χ0v) is 8.70. The van der Waals surface area contributed by atoms with Gasteiger partial charge in [0.05, 0.1) is 7.11 Å². The average Bonchev–Trinajstić information content (AvgIpc) is 2.16. The SMILES string of the molecule is CCCc1cc(C(=O)OC)nc(C)n1. The Bertz CT molecular complexity index is 337. The van der Waals surface area contributed by atoms with Crippen molar-refractivity contribution in [2.45, 2.75) is 26.7 Å². The number of nitrogens with zero attached hydrogens (tertiary/aromatic N) is 2. The highest BCUT2D eigenvalue weighted by Crippen LogP contribution is 2.04. The predicted molar refractivity (Wildman–Crippen MR) is 52.1 cm³/mol. The lowest BCUT2D eigenvalue weighted by Gasteiger charge is -2.03. The molecule has 0 atom stereocenters. The van der Waals surface area contributed by atoms with Gasteiger partial charge in [-0.2, -0.15) is 0 Å². The van der Waals surface area contributed by atoms with Gasteiger partial charge in [0.2, 0.25) is 0 Å². The highest BCUT2D eigenvalue weighted by molar-refractivity contribution is 5.87. The fraction of sp³-hybridized carbons (Fsp3) is 0.500. The molecule has 0 N–H and O–H groups in total. The average molecular weight is 194 g/mol. The van der Waals surface area contributed by atoms with Crippen LogP contribution in [0.3, 0.4) is 0 Å². The fourth-order valence-corrected chi connectivity index (χ4v) is 1.22. The number of aromatic nitrogens is 2. The summed E-state index contributed by atoms with van der Waals surface area (Å²) in [6, 6.07) is 1.68. The molecule has 1 rings (SSSR count). The molecule has 4 heteroatoms. The molecule has 0 aliphatic carbocycles. The van der Waals surface area contributed by atoms with Crippen LogP contribution in [0.2, 0.25) is 0 Å². The molecule has 0 spiro atoms. The van der Waals surface area contributed by atoms with Crippen LogP contribution in [-0.4, -0.2) is 23.0 Å². The van der Waals surface area contributed by atoms with Crippen molar-refractivity contribution in [3.8, 4) is 0 Å². The van der Waals surface area contributed by atoms with Gasteiger partial charge >= 0.3 is 5.97 Å². The quantitative estimate of drug-likeness (QED) is 0.684. The summed E-state index contributed by atoms with van der Waals surface area (Å²) in [7, 11) is 1.35. The zero-order valence-electron chi connectivity index (χ0n) is 8.70. The summed E-state index contributed by atoms with van der Waals surface area (Å²) < 4.78 is 4.60. The Morgan fingerprint density at radius 3 is 2.79 bits per heavy atom. The second-order valence-electron chi connectivity index (χ2n) is 3.03. The Kier molecular flexibility index (Phi) is 3.56. The number of carbonyl (C=O) groups excluding carboxylic acids is 1. The van der Waals surface area contributed by atoms with Crippen LogP contribution >= 0.6 is 0 Å². The van der Waals surface area contributed by atoms with Crippen LogP contribution in [0.15, 0.2) is 6.07 Å². The molecule has 1 aromatic heterocycles. The third kappa shape index (κ3) is 2.52. The highest BCUT2D eigenvalue weighted by atomic mass is 16.5. The van der Waals surface area contributed by atoms with Crippen molar-refractivity contribution in [2.24, 2.45) is 0 Å². The lowest BCUT2D eigenvalue weighted by atomic mass is 10.2. The van der Waals surface area contributed by atoms with Gasteiger partial charge in [-0.05, 0) is 19.4 Å². The Morgan fingerprint density at radius 1 is 1.50 bits per heavy atom. The number of esters is 1. The molecule has 1 heterocycles. The molecule has 0 saturated carbocycles. The van der Waals surface area contributed by atoms with Gasteiger partial charge in [-0.1, -0.05) is 13.3 Å². The van der Waals surface area contributed by atoms with E-state index in [1.807, 2.05) is 0 Å². The summed E-state index contributed by atoms with van der Waals surface area (Å²) >= 11 is 0. The number of aryl methyl sites for hydroxylation is 2. The molecule has 0 fully saturated rings. The van der Waals surface area contributed by atoms with Crippen molar-refractivity contribution in [3.63, 3.8) is 0 Å². The molecule has 76 valence electrons. The van der Waals surface area contributed by atoms with E-state index in [-0.39, 0.29) is 0 Å². The van der Waals surface area contributed by atoms with Gasteiger partial charge in [-0.15, -0.1) is 0 Å². The first-order chi connectivity index (χ1) is 6.67. The monoisotopic (exact) mass is 194 g/mol. The number of rotatable bonds is 3. The number of hydrogen-bond acceptors (Lipinski definition) is 4. The van der Waals surface area contributed by atoms with Crippen LogP contribution in [0.1, 0.15) is 35.4 Å². The van der Waals surface area contributed by atoms with E-state index in [1.165, 1.54) is 7.11 Å². The minimum atomic E-state index is -0.409. The van der Waals surface area contributed by atoms with Crippen LogP contribution in [0.4, 0.5) is 0 Å². The van der Waals surface area contributed by atoms with Crippen LogP contribution in [0.5, 0.6) is 0 Å². The normalized spacial score (nSPS) is 9.93. The minimum Gasteiger partial charge on any atom is -0.464 e. The molecule has 0 amide bonds. The molecule has 1 aromatic rings. The molecule has 0 bridgehead atoms. The molecular formula is C10H14N2O2. The predicted octanol–water partition coefficient (Wildman–Crippen LogP) is 1.52. The molecule has 0 saturated heterocycles. The van der Waals surface area contributed by atoms with Gasteiger partial charge in [0.25, 0.3) is 0 Å². The maximum Gasteiger partial charge on any atom is 0.356 e. The molecule has 4 nitrogen and oxygen atoms in total. The van der Waals surface area contributed by atoms with Crippen LogP contribution < -0.4 is 0 Å². The van der Waals surface area contributed by atoms with Crippen LogP contribution in [-0.2, 0) is 11.2 Å². The molecule has 0 aromatic carbocycles. The fourth-order valence-electron chi connectivity index (χ4n) is 1.22. The molecule has 0 aliphatic heterocycles. The smallest absolute Gasteiger partial charge is 0.356 e. The van der Waals surface area contributed by atoms with E-state index >= 15 is 0 Å². The van der Waals surface area contributed by atoms with E-state index in [4.69, 9.17) is 0 Å². The molecular weight excluding hydrogens is 180 g/mol. The van der Waals surface area contributed by atoms with Crippen molar-refractivity contribution in [3.05, 3.63) is 23.3 Å². The topological polar surface area (TPSA) is 52.1 Å². The van der Waals surface area contributed by atoms with E-state index in [9.17, 15) is 4.79 Å². The zero-order chi connectivity index (χ0) is 10.6. The number of methoxy groups -OCH3 is 1. The van der Waals surface area contributed by atoms with Crippen molar-refractivity contribution in [1.82, 2.24) is 9.97 Å². The molecule has 14 heavy (non-hydrogen) atoms. The Morgan fingerprint density at radius 2 is 2.21 bits per heavy atom. The van der Waals surface area contributed by atoms with Gasteiger partial charge in [0, 0.05) is 5.69 Å². The Labute approximate surface area is 83.3 Å². The maximum atomic E-state index is 11.2. The molecule has 0 radical (unpaired) electrons. The summed E-state index contributed by atoms with van der Waals surface area (Å²) in [4.78, 5) is 19.4. The van der Waals surface area contributed by atoms with Crippen molar-refractivity contribution < 1.29 is 9.53 Å². The van der Waals surface area contributed by atoms with Crippen LogP contribution in [0.25, 0.3) is 0 Å². The second kappa shape index (κ2) is 4.69. The van der Waals surface area contributed by atoms with E-state index in [0.29, 0.717) is 11.5 Å². The minimum absolute atomic E-state index is 0.337. The summed E-state index contributed by atoms with van der Waals surface area (Å²) in [6.07, 6.45) is 1.85. The van der Waals surface area contributed by atoms with E-state index < -0.39 is 5.97 Å². The van der Waals surface area contributed by atoms with E-state index in [2.05, 4.69) is 21.6 Å². The number of ether oxygens (including phenoxy) is 1. The Hall–Kier alpha value is -1.45. The highest BCUT2D eigenvalue weighted by Gasteiger charge is 2.09. The third-order valence-electron chi connectivity index (χ3n) is 1.79. The second-order valence-corrected chi connectivity index (χ2v) is 3.03. The van der Waals surface area contributed by atoms with Crippen molar-refractivity contribution in [1.29, 1.82) is 0 Å². The maximum absolute atomic E-state index is 11.2. The lowest BCUT2D eigenvalue weighted by Crippen LogP contribution is -2.08. The van der Waals surface area contributed by atoms with Crippen molar-refractivity contribution in [2.75, 3.05) is 7.11 Å². The standard InChI is InChI=1S/C10H14N2O2/c1-4-5-8-6-9(10(13)14-3)12-7(2)11-8/h6H,4-5H2,1-3H3. The van der Waals surface area contributed by atoms with Crippen LogP contribution in [0, 0.1) is 6.92 Å². The Balaban J connectivity index is 3.00. The lowest BCUT2D eigenvalue weighted by molar-refractivity contribution is 0.0593. The van der Waals surface area contributed by atoms with Gasteiger partial charge < -0.3 is 4.74 Å². The third-order valence-corrected chi connectivity index (χ3v) is 1.79.